The number of H-pyrrole nitrogens is 1. The number of pyridine rings is 1. The third-order valence-corrected chi connectivity index (χ3v) is 4.54. The van der Waals surface area contributed by atoms with Crippen molar-refractivity contribution in [2.45, 2.75) is 53.1 Å². The number of ether oxygens (including phenoxy) is 2. The number of carbonyl (C=O) groups excluding carboxylic acids is 1. The summed E-state index contributed by atoms with van der Waals surface area (Å²) in [7, 11) is 0. The highest BCUT2D eigenvalue weighted by molar-refractivity contribution is 5.98. The molecule has 23 heavy (non-hydrogen) atoms. The van der Waals surface area contributed by atoms with Crippen molar-refractivity contribution in [3.05, 3.63) is 28.2 Å². The van der Waals surface area contributed by atoms with Crippen LogP contribution in [0.3, 0.4) is 0 Å². The predicted octanol–water partition coefficient (Wildman–Crippen LogP) is 3.77. The summed E-state index contributed by atoms with van der Waals surface area (Å²) in [5, 5.41) is 1.09. The van der Waals surface area contributed by atoms with Crippen LogP contribution in [0, 0.1) is 13.8 Å². The number of hydrogen-bond acceptors (Lipinski definition) is 4. The zero-order valence-electron chi connectivity index (χ0n) is 14.3. The molecule has 2 aromatic heterocycles. The first-order chi connectivity index (χ1) is 11.1. The molecule has 0 radical (unpaired) electrons. The quantitative estimate of drug-likeness (QED) is 0.872. The Labute approximate surface area is 136 Å². The van der Waals surface area contributed by atoms with Gasteiger partial charge < -0.3 is 14.5 Å². The van der Waals surface area contributed by atoms with Crippen molar-refractivity contribution in [3.8, 4) is 0 Å². The van der Waals surface area contributed by atoms with Crippen LogP contribution in [-0.2, 0) is 15.9 Å². The first-order valence-electron chi connectivity index (χ1n) is 8.38. The van der Waals surface area contributed by atoms with E-state index < -0.39 is 0 Å². The molecule has 0 saturated heterocycles. The number of aromatic amines is 1. The smallest absolute Gasteiger partial charge is 0.357 e. The average molecular weight is 316 g/mol. The van der Waals surface area contributed by atoms with Crippen LogP contribution in [0.5, 0.6) is 0 Å². The fourth-order valence-corrected chi connectivity index (χ4v) is 3.58. The molecule has 2 heterocycles. The summed E-state index contributed by atoms with van der Waals surface area (Å²) in [6, 6.07) is 0. The molecule has 1 aliphatic carbocycles. The van der Waals surface area contributed by atoms with E-state index in [1.807, 2.05) is 27.7 Å². The molecule has 2 aromatic rings. The summed E-state index contributed by atoms with van der Waals surface area (Å²) in [6.45, 7) is 8.75. The monoisotopic (exact) mass is 316 g/mol. The van der Waals surface area contributed by atoms with Gasteiger partial charge in [0.1, 0.15) is 0 Å². The van der Waals surface area contributed by atoms with Gasteiger partial charge in [-0.05, 0) is 52.5 Å². The van der Waals surface area contributed by atoms with Crippen molar-refractivity contribution < 1.29 is 14.3 Å². The van der Waals surface area contributed by atoms with Crippen LogP contribution in [0.4, 0.5) is 0 Å². The molecule has 0 spiro atoms. The lowest BCUT2D eigenvalue weighted by Crippen LogP contribution is -2.13. The second-order valence-electron chi connectivity index (χ2n) is 5.99. The van der Waals surface area contributed by atoms with E-state index in [0.717, 1.165) is 41.4 Å². The van der Waals surface area contributed by atoms with E-state index in [2.05, 4.69) is 9.97 Å². The van der Waals surface area contributed by atoms with Crippen LogP contribution in [0.15, 0.2) is 0 Å². The summed E-state index contributed by atoms with van der Waals surface area (Å²) in [6.07, 6.45) is 3.23. The van der Waals surface area contributed by atoms with Gasteiger partial charge in [0.15, 0.2) is 5.69 Å². The minimum absolute atomic E-state index is 0.0908. The minimum Gasteiger partial charge on any atom is -0.461 e. The molecule has 0 aromatic carbocycles. The van der Waals surface area contributed by atoms with Gasteiger partial charge in [0.25, 0.3) is 0 Å². The van der Waals surface area contributed by atoms with E-state index in [9.17, 15) is 4.79 Å². The summed E-state index contributed by atoms with van der Waals surface area (Å²) >= 11 is 0. The van der Waals surface area contributed by atoms with Crippen molar-refractivity contribution in [1.82, 2.24) is 9.97 Å². The van der Waals surface area contributed by atoms with Crippen molar-refractivity contribution in [3.63, 3.8) is 0 Å². The number of aromatic nitrogens is 2. The normalized spacial score (nSPS) is 17.3. The number of nitrogens with zero attached hydrogens (tertiary/aromatic N) is 1. The van der Waals surface area contributed by atoms with E-state index >= 15 is 0 Å². The van der Waals surface area contributed by atoms with Gasteiger partial charge >= 0.3 is 5.97 Å². The first-order valence-corrected chi connectivity index (χ1v) is 8.38. The van der Waals surface area contributed by atoms with E-state index in [1.165, 1.54) is 11.3 Å². The third kappa shape index (κ3) is 2.63. The summed E-state index contributed by atoms with van der Waals surface area (Å²) in [5.41, 5.74) is 5.58. The Balaban J connectivity index is 2.24. The molecule has 1 aliphatic rings. The summed E-state index contributed by atoms with van der Waals surface area (Å²) in [5.74, 6) is -0.353. The molecule has 0 saturated carbocycles. The van der Waals surface area contributed by atoms with E-state index in [0.29, 0.717) is 18.9 Å². The molecule has 0 aliphatic heterocycles. The molecule has 0 fully saturated rings. The van der Waals surface area contributed by atoms with Gasteiger partial charge in [-0.15, -0.1) is 0 Å². The fourth-order valence-electron chi connectivity index (χ4n) is 3.58. The molecule has 5 nitrogen and oxygen atoms in total. The molecular weight excluding hydrogens is 292 g/mol. The SMILES string of the molecule is CCOC(=O)c1nc(C)c2[nH]c3c(c2c1C)C(OCC)CCC3. The Morgan fingerprint density at radius 2 is 2.09 bits per heavy atom. The van der Waals surface area contributed by atoms with Gasteiger partial charge in [0, 0.05) is 23.3 Å². The number of nitrogens with one attached hydrogen (secondary N) is 1. The maximum atomic E-state index is 12.2. The van der Waals surface area contributed by atoms with Crippen molar-refractivity contribution >= 4 is 16.9 Å². The first kappa shape index (κ1) is 16.0. The second kappa shape index (κ2) is 6.32. The summed E-state index contributed by atoms with van der Waals surface area (Å²) in [4.78, 5) is 20.2. The van der Waals surface area contributed by atoms with Crippen LogP contribution in [0.25, 0.3) is 10.9 Å². The molecule has 0 amide bonds. The molecule has 124 valence electrons. The predicted molar refractivity (Wildman–Crippen MR) is 88.8 cm³/mol. The van der Waals surface area contributed by atoms with Gasteiger partial charge in [-0.3, -0.25) is 0 Å². The molecule has 1 atom stereocenters. The molecule has 5 heteroatoms. The van der Waals surface area contributed by atoms with Gasteiger partial charge in [-0.1, -0.05) is 0 Å². The molecular formula is C18H24N2O3. The average Bonchev–Trinajstić information content (AvgIpc) is 2.93. The van der Waals surface area contributed by atoms with Crippen LogP contribution < -0.4 is 0 Å². The lowest BCUT2D eigenvalue weighted by atomic mass is 9.91. The fraction of sp³-hybridized carbons (Fsp3) is 0.556. The van der Waals surface area contributed by atoms with Crippen LogP contribution in [0.2, 0.25) is 0 Å². The Morgan fingerprint density at radius 3 is 2.78 bits per heavy atom. The van der Waals surface area contributed by atoms with Crippen molar-refractivity contribution in [2.24, 2.45) is 0 Å². The highest BCUT2D eigenvalue weighted by Crippen LogP contribution is 2.40. The zero-order chi connectivity index (χ0) is 16.6. The van der Waals surface area contributed by atoms with Gasteiger partial charge in [-0.2, -0.15) is 0 Å². The zero-order valence-corrected chi connectivity index (χ0v) is 14.3. The Kier molecular flexibility index (Phi) is 4.39. The van der Waals surface area contributed by atoms with Crippen LogP contribution >= 0.6 is 0 Å². The lowest BCUT2D eigenvalue weighted by Gasteiger charge is -2.23. The third-order valence-electron chi connectivity index (χ3n) is 4.54. The molecule has 3 rings (SSSR count). The topological polar surface area (TPSA) is 64.2 Å². The molecule has 1 unspecified atom stereocenters. The number of aryl methyl sites for hydroxylation is 3. The second-order valence-corrected chi connectivity index (χ2v) is 5.99. The molecule has 1 N–H and O–H groups in total. The Morgan fingerprint density at radius 1 is 1.30 bits per heavy atom. The van der Waals surface area contributed by atoms with Gasteiger partial charge in [-0.25, -0.2) is 9.78 Å². The van der Waals surface area contributed by atoms with Crippen LogP contribution in [0.1, 0.15) is 65.8 Å². The van der Waals surface area contributed by atoms with Gasteiger partial charge in [0.05, 0.1) is 23.9 Å². The number of carbonyl (C=O) groups is 1. The maximum Gasteiger partial charge on any atom is 0.357 e. The van der Waals surface area contributed by atoms with Crippen molar-refractivity contribution in [1.29, 1.82) is 0 Å². The Bertz CT molecular complexity index is 749. The van der Waals surface area contributed by atoms with E-state index in [1.54, 1.807) is 0 Å². The summed E-state index contributed by atoms with van der Waals surface area (Å²) < 4.78 is 11.1. The number of fused-ring (bicyclic) bond motifs is 3. The number of hydrogen-bond donors (Lipinski definition) is 1. The highest BCUT2D eigenvalue weighted by atomic mass is 16.5. The minimum atomic E-state index is -0.353. The Hall–Kier alpha value is -1.88. The van der Waals surface area contributed by atoms with Crippen molar-refractivity contribution in [2.75, 3.05) is 13.2 Å². The number of esters is 1. The van der Waals surface area contributed by atoms with E-state index in [4.69, 9.17) is 9.47 Å². The lowest BCUT2D eigenvalue weighted by molar-refractivity contribution is 0.0504. The standard InChI is InChI=1S/C18H24N2O3/c1-5-22-13-9-7-8-12-15(13)14-10(3)16(18(21)23-6-2)19-11(4)17(14)20-12/h13,20H,5-9H2,1-4H3. The number of rotatable bonds is 4. The van der Waals surface area contributed by atoms with E-state index in [-0.39, 0.29) is 12.1 Å². The van der Waals surface area contributed by atoms with Crippen LogP contribution in [-0.4, -0.2) is 29.2 Å². The largest absolute Gasteiger partial charge is 0.461 e. The highest BCUT2D eigenvalue weighted by Gasteiger charge is 2.29. The maximum absolute atomic E-state index is 12.2. The van der Waals surface area contributed by atoms with Gasteiger partial charge in [0.2, 0.25) is 0 Å². The molecule has 0 bridgehead atoms.